The predicted octanol–water partition coefficient (Wildman–Crippen LogP) is 3.30. The molecule has 2 atom stereocenters. The van der Waals surface area contributed by atoms with Gasteiger partial charge in [-0.15, -0.1) is 0 Å². The van der Waals surface area contributed by atoms with Crippen molar-refractivity contribution in [2.24, 2.45) is 0 Å². The molecular formula is C27H32N4O5. The van der Waals surface area contributed by atoms with Gasteiger partial charge in [-0.25, -0.2) is 9.59 Å². The van der Waals surface area contributed by atoms with E-state index in [1.807, 2.05) is 60.7 Å². The topological polar surface area (TPSA) is 91.4 Å². The number of ether oxygens (including phenoxy) is 1. The number of benzene rings is 2. The molecule has 0 aliphatic carbocycles. The van der Waals surface area contributed by atoms with Gasteiger partial charge in [0.25, 0.3) is 0 Å². The van der Waals surface area contributed by atoms with Crippen LogP contribution < -0.4 is 5.32 Å². The third-order valence-corrected chi connectivity index (χ3v) is 7.14. The number of carbonyl (C=O) groups is 3. The Kier molecular flexibility index (Phi) is 7.36. The van der Waals surface area contributed by atoms with Crippen molar-refractivity contribution in [3.63, 3.8) is 0 Å². The molecule has 3 aliphatic heterocycles. The summed E-state index contributed by atoms with van der Waals surface area (Å²) in [5.41, 5.74) is 1.94. The fourth-order valence-electron chi connectivity index (χ4n) is 5.10. The molecule has 0 aromatic heterocycles. The molecular weight excluding hydrogens is 460 g/mol. The minimum atomic E-state index is -0.493. The molecule has 2 aromatic rings. The Bertz CT molecular complexity index is 1060. The summed E-state index contributed by atoms with van der Waals surface area (Å²) in [6, 6.07) is 18.5. The number of fused-ring (bicyclic) bond motifs is 2. The van der Waals surface area contributed by atoms with Crippen molar-refractivity contribution >= 4 is 18.0 Å². The van der Waals surface area contributed by atoms with Gasteiger partial charge in [0.05, 0.1) is 6.04 Å². The van der Waals surface area contributed by atoms with Gasteiger partial charge in [0.1, 0.15) is 19.3 Å². The second-order valence-electron chi connectivity index (χ2n) is 9.58. The van der Waals surface area contributed by atoms with Crippen molar-refractivity contribution in [1.29, 1.82) is 0 Å². The molecule has 1 unspecified atom stereocenters. The van der Waals surface area contributed by atoms with Crippen LogP contribution in [0, 0.1) is 0 Å². The fourth-order valence-corrected chi connectivity index (χ4v) is 5.10. The van der Waals surface area contributed by atoms with Crippen LogP contribution in [0.4, 0.5) is 9.59 Å². The van der Waals surface area contributed by atoms with Gasteiger partial charge in [0, 0.05) is 25.7 Å². The number of nitrogens with one attached hydrogen (secondary N) is 1. The van der Waals surface area contributed by atoms with Crippen LogP contribution in [0.2, 0.25) is 0 Å². The van der Waals surface area contributed by atoms with Crippen molar-refractivity contribution in [2.45, 2.75) is 57.0 Å². The van der Waals surface area contributed by atoms with Crippen LogP contribution in [0.15, 0.2) is 60.7 Å². The van der Waals surface area contributed by atoms with E-state index < -0.39 is 6.04 Å². The molecule has 2 bridgehead atoms. The van der Waals surface area contributed by atoms with Crippen LogP contribution in [0.1, 0.15) is 36.8 Å². The van der Waals surface area contributed by atoms with Crippen LogP contribution in [0.3, 0.4) is 0 Å². The molecule has 3 heterocycles. The smallest absolute Gasteiger partial charge is 0.410 e. The van der Waals surface area contributed by atoms with Gasteiger partial charge in [-0.3, -0.25) is 9.63 Å². The van der Waals surface area contributed by atoms with E-state index in [2.05, 4.69) is 5.32 Å². The van der Waals surface area contributed by atoms with Crippen molar-refractivity contribution < 1.29 is 24.0 Å². The number of urea groups is 1. The first-order valence-corrected chi connectivity index (χ1v) is 12.6. The monoisotopic (exact) mass is 492 g/mol. The average Bonchev–Trinajstić information content (AvgIpc) is 3.16. The van der Waals surface area contributed by atoms with Crippen LogP contribution in [-0.4, -0.2) is 70.7 Å². The number of nitrogens with zero attached hydrogens (tertiary/aromatic N) is 3. The molecule has 3 fully saturated rings. The Morgan fingerprint density at radius 2 is 1.50 bits per heavy atom. The van der Waals surface area contributed by atoms with Crippen molar-refractivity contribution in [1.82, 2.24) is 20.2 Å². The van der Waals surface area contributed by atoms with Gasteiger partial charge in [0.2, 0.25) is 5.91 Å². The van der Waals surface area contributed by atoms with Gasteiger partial charge in [0.15, 0.2) is 0 Å². The first kappa shape index (κ1) is 24.1. The SMILES string of the molecule is O=C(NC1CCN(C(=O)OCc2ccccc2)CC1)C1CC[C@@H]2CN1C(=O)N2OCc1ccccc1. The normalized spacial score (nSPS) is 22.0. The lowest BCUT2D eigenvalue weighted by Crippen LogP contribution is -2.54. The molecule has 9 nitrogen and oxygen atoms in total. The van der Waals surface area contributed by atoms with E-state index in [-0.39, 0.29) is 36.7 Å². The second-order valence-corrected chi connectivity index (χ2v) is 9.58. The second kappa shape index (κ2) is 11.0. The molecule has 0 radical (unpaired) electrons. The summed E-state index contributed by atoms with van der Waals surface area (Å²) in [6.45, 7) is 2.11. The van der Waals surface area contributed by atoms with E-state index in [9.17, 15) is 14.4 Å². The maximum Gasteiger partial charge on any atom is 0.410 e. The summed E-state index contributed by atoms with van der Waals surface area (Å²) in [6.07, 6.45) is 2.31. The van der Waals surface area contributed by atoms with Gasteiger partial charge in [-0.1, -0.05) is 60.7 Å². The molecule has 3 aliphatic rings. The quantitative estimate of drug-likeness (QED) is 0.641. The Morgan fingerprint density at radius 3 is 2.17 bits per heavy atom. The summed E-state index contributed by atoms with van der Waals surface area (Å²) < 4.78 is 5.42. The van der Waals surface area contributed by atoms with Gasteiger partial charge >= 0.3 is 12.1 Å². The van der Waals surface area contributed by atoms with Gasteiger partial charge in [-0.05, 0) is 36.8 Å². The Balaban J connectivity index is 1.07. The van der Waals surface area contributed by atoms with Crippen LogP contribution in [0.25, 0.3) is 0 Å². The molecule has 3 saturated heterocycles. The van der Waals surface area contributed by atoms with Crippen LogP contribution in [0.5, 0.6) is 0 Å². The van der Waals surface area contributed by atoms with Gasteiger partial charge in [-0.2, -0.15) is 5.06 Å². The highest BCUT2D eigenvalue weighted by Gasteiger charge is 2.48. The zero-order chi connectivity index (χ0) is 24.9. The minimum Gasteiger partial charge on any atom is -0.445 e. The molecule has 4 amide bonds. The van der Waals surface area contributed by atoms with Crippen LogP contribution in [-0.2, 0) is 27.6 Å². The molecule has 9 heteroatoms. The molecule has 5 rings (SSSR count). The molecule has 0 spiro atoms. The first-order valence-electron chi connectivity index (χ1n) is 12.6. The third-order valence-electron chi connectivity index (χ3n) is 7.14. The standard InChI is InChI=1S/C27H32N4O5/c32-25(28-22-13-15-29(16-14-22)27(34)35-18-20-7-3-1-4-8-20)24-12-11-23-17-30(24)26(33)31(23)36-19-21-9-5-2-6-10-21/h1-10,22-24H,11-19H2,(H,28,32)/t23-,24?/m1/s1. The average molecular weight is 493 g/mol. The predicted molar refractivity (Wildman–Crippen MR) is 131 cm³/mol. The van der Waals surface area contributed by atoms with E-state index in [1.54, 1.807) is 9.80 Å². The number of hydrogen-bond acceptors (Lipinski definition) is 5. The molecule has 36 heavy (non-hydrogen) atoms. The largest absolute Gasteiger partial charge is 0.445 e. The maximum atomic E-state index is 13.1. The number of piperidine rings is 2. The van der Waals surface area contributed by atoms with Crippen LogP contribution >= 0.6 is 0 Å². The molecule has 1 N–H and O–H groups in total. The fraction of sp³-hybridized carbons (Fsp3) is 0.444. The van der Waals surface area contributed by atoms with E-state index >= 15 is 0 Å². The molecule has 190 valence electrons. The number of hydroxylamine groups is 2. The summed E-state index contributed by atoms with van der Waals surface area (Å²) in [4.78, 5) is 47.6. The Morgan fingerprint density at radius 1 is 0.861 bits per heavy atom. The highest BCUT2D eigenvalue weighted by Crippen LogP contribution is 2.31. The molecule has 2 aromatic carbocycles. The maximum absolute atomic E-state index is 13.1. The summed E-state index contributed by atoms with van der Waals surface area (Å²) in [7, 11) is 0. The van der Waals surface area contributed by atoms with E-state index in [1.165, 1.54) is 5.06 Å². The van der Waals surface area contributed by atoms with Crippen molar-refractivity contribution in [3.8, 4) is 0 Å². The summed E-state index contributed by atoms with van der Waals surface area (Å²) >= 11 is 0. The van der Waals surface area contributed by atoms with Crippen molar-refractivity contribution in [2.75, 3.05) is 19.6 Å². The number of hydrogen-bond donors (Lipinski definition) is 1. The Labute approximate surface area is 210 Å². The lowest BCUT2D eigenvalue weighted by Gasteiger charge is -2.34. The van der Waals surface area contributed by atoms with E-state index in [0.717, 1.165) is 17.5 Å². The number of amides is 4. The van der Waals surface area contributed by atoms with Gasteiger partial charge < -0.3 is 19.9 Å². The van der Waals surface area contributed by atoms with E-state index in [4.69, 9.17) is 9.57 Å². The highest BCUT2D eigenvalue weighted by molar-refractivity contribution is 5.88. The zero-order valence-electron chi connectivity index (χ0n) is 20.3. The lowest BCUT2D eigenvalue weighted by molar-refractivity contribution is -0.140. The molecule has 0 saturated carbocycles. The third kappa shape index (κ3) is 5.46. The highest BCUT2D eigenvalue weighted by atomic mass is 16.7. The number of rotatable bonds is 7. The number of carbonyl (C=O) groups excluding carboxylic acids is 3. The minimum absolute atomic E-state index is 0.0310. The van der Waals surface area contributed by atoms with E-state index in [0.29, 0.717) is 45.5 Å². The first-order chi connectivity index (χ1) is 17.6. The Hall–Kier alpha value is -3.59. The number of likely N-dealkylation sites (tertiary alicyclic amines) is 1. The lowest BCUT2D eigenvalue weighted by atomic mass is 9.99. The zero-order valence-corrected chi connectivity index (χ0v) is 20.3. The van der Waals surface area contributed by atoms with Crippen molar-refractivity contribution in [3.05, 3.63) is 71.8 Å². The summed E-state index contributed by atoms with van der Waals surface area (Å²) in [5.74, 6) is -0.128. The summed E-state index contributed by atoms with van der Waals surface area (Å²) in [5, 5.41) is 4.56.